The minimum absolute atomic E-state index is 0.210. The Morgan fingerprint density at radius 1 is 1.03 bits per heavy atom. The van der Waals surface area contributed by atoms with Gasteiger partial charge in [0.15, 0.2) is 0 Å². The zero-order chi connectivity index (χ0) is 23.9. The van der Waals surface area contributed by atoms with Gasteiger partial charge in [-0.2, -0.15) is 0 Å². The van der Waals surface area contributed by atoms with Crippen LogP contribution >= 0.6 is 0 Å². The standard InChI is InChI=1S/C28H35NO3/c1-20(14-17-25-23(4)11-8-18-28(25,5)6)9-7-10-22(3)19-26(30)29(27(31)32)24-15-12-21(2)13-16-24/h7,9-10,12-17,19H,8,11,18H2,1-6H3,(H,31,32). The molecular weight excluding hydrogens is 398 g/mol. The molecule has 0 heterocycles. The second-order valence-corrected chi connectivity index (χ2v) is 9.21. The van der Waals surface area contributed by atoms with Gasteiger partial charge in [0.25, 0.3) is 5.91 Å². The van der Waals surface area contributed by atoms with E-state index >= 15 is 0 Å². The summed E-state index contributed by atoms with van der Waals surface area (Å²) in [6.45, 7) is 12.6. The number of hydrogen-bond acceptors (Lipinski definition) is 2. The van der Waals surface area contributed by atoms with Crippen molar-refractivity contribution in [2.24, 2.45) is 5.41 Å². The fraction of sp³-hybridized carbons (Fsp3) is 0.357. The lowest BCUT2D eigenvalue weighted by Crippen LogP contribution is -2.34. The number of benzene rings is 1. The van der Waals surface area contributed by atoms with Gasteiger partial charge in [0, 0.05) is 6.08 Å². The van der Waals surface area contributed by atoms with E-state index in [9.17, 15) is 14.7 Å². The number of rotatable bonds is 6. The van der Waals surface area contributed by atoms with E-state index in [1.54, 1.807) is 37.3 Å². The van der Waals surface area contributed by atoms with Crippen LogP contribution in [0.3, 0.4) is 0 Å². The van der Waals surface area contributed by atoms with Crippen molar-refractivity contribution < 1.29 is 14.7 Å². The smallest absolute Gasteiger partial charge is 0.419 e. The third-order valence-electron chi connectivity index (χ3n) is 5.83. The van der Waals surface area contributed by atoms with E-state index in [1.807, 2.05) is 26.0 Å². The molecule has 4 nitrogen and oxygen atoms in total. The van der Waals surface area contributed by atoms with Gasteiger partial charge < -0.3 is 5.11 Å². The first kappa shape index (κ1) is 25.1. The molecule has 0 saturated carbocycles. The highest BCUT2D eigenvalue weighted by Gasteiger charge is 2.26. The second kappa shape index (κ2) is 10.9. The summed E-state index contributed by atoms with van der Waals surface area (Å²) >= 11 is 0. The van der Waals surface area contributed by atoms with Crippen LogP contribution in [0.4, 0.5) is 10.5 Å². The Hall–Kier alpha value is -3.14. The van der Waals surface area contributed by atoms with E-state index in [-0.39, 0.29) is 5.41 Å². The van der Waals surface area contributed by atoms with Crippen LogP contribution in [0.5, 0.6) is 0 Å². The molecule has 0 aromatic heterocycles. The topological polar surface area (TPSA) is 57.6 Å². The molecule has 2 rings (SSSR count). The Morgan fingerprint density at radius 3 is 2.28 bits per heavy atom. The summed E-state index contributed by atoms with van der Waals surface area (Å²) in [5, 5.41) is 9.49. The highest BCUT2D eigenvalue weighted by molar-refractivity contribution is 6.16. The minimum Gasteiger partial charge on any atom is -0.464 e. The zero-order valence-electron chi connectivity index (χ0n) is 20.1. The van der Waals surface area contributed by atoms with Crippen LogP contribution in [0, 0.1) is 12.3 Å². The first-order chi connectivity index (χ1) is 15.0. The number of carbonyl (C=O) groups excluding carboxylic acids is 1. The number of anilines is 1. The molecule has 0 atom stereocenters. The molecule has 2 amide bonds. The fourth-order valence-corrected chi connectivity index (χ4v) is 3.97. The van der Waals surface area contributed by atoms with Crippen LogP contribution in [0.2, 0.25) is 0 Å². The average molecular weight is 434 g/mol. The number of aryl methyl sites for hydroxylation is 1. The minimum atomic E-state index is -1.30. The van der Waals surface area contributed by atoms with Gasteiger partial charge in [0.1, 0.15) is 0 Å². The number of carbonyl (C=O) groups is 2. The predicted molar refractivity (Wildman–Crippen MR) is 133 cm³/mol. The first-order valence-electron chi connectivity index (χ1n) is 11.1. The van der Waals surface area contributed by atoms with Gasteiger partial charge in [0.2, 0.25) is 0 Å². The molecule has 0 saturated heterocycles. The van der Waals surface area contributed by atoms with Gasteiger partial charge in [-0.1, -0.05) is 73.1 Å². The first-order valence-corrected chi connectivity index (χ1v) is 11.1. The lowest BCUT2D eigenvalue weighted by atomic mass is 9.72. The van der Waals surface area contributed by atoms with Crippen molar-refractivity contribution >= 4 is 17.7 Å². The highest BCUT2D eigenvalue weighted by Crippen LogP contribution is 2.40. The van der Waals surface area contributed by atoms with E-state index < -0.39 is 12.0 Å². The number of imide groups is 1. The van der Waals surface area contributed by atoms with Crippen molar-refractivity contribution in [1.29, 1.82) is 0 Å². The Labute approximate surface area is 192 Å². The number of hydrogen-bond donors (Lipinski definition) is 1. The van der Waals surface area contributed by atoms with Crippen molar-refractivity contribution in [1.82, 2.24) is 0 Å². The highest BCUT2D eigenvalue weighted by atomic mass is 16.4. The molecule has 32 heavy (non-hydrogen) atoms. The number of nitrogens with zero attached hydrogens (tertiary/aromatic N) is 1. The van der Waals surface area contributed by atoms with E-state index in [0.717, 1.165) is 16.0 Å². The largest absolute Gasteiger partial charge is 0.464 e. The molecule has 1 aliphatic rings. The molecule has 1 aliphatic carbocycles. The molecule has 170 valence electrons. The Morgan fingerprint density at radius 2 is 1.69 bits per heavy atom. The maximum absolute atomic E-state index is 12.5. The summed E-state index contributed by atoms with van der Waals surface area (Å²) in [6.07, 6.45) is 13.7. The van der Waals surface area contributed by atoms with Crippen molar-refractivity contribution in [2.45, 2.75) is 60.8 Å². The summed E-state index contributed by atoms with van der Waals surface area (Å²) in [6, 6.07) is 6.82. The van der Waals surface area contributed by atoms with Gasteiger partial charge in [0.05, 0.1) is 5.69 Å². The van der Waals surface area contributed by atoms with Gasteiger partial charge in [-0.15, -0.1) is 0 Å². The Balaban J connectivity index is 2.09. The quantitative estimate of drug-likeness (QED) is 0.372. The van der Waals surface area contributed by atoms with Crippen molar-refractivity contribution in [2.75, 3.05) is 4.90 Å². The Kier molecular flexibility index (Phi) is 8.59. The molecule has 0 spiro atoms. The molecule has 1 aromatic carbocycles. The molecule has 4 heteroatoms. The zero-order valence-corrected chi connectivity index (χ0v) is 20.1. The maximum atomic E-state index is 12.5. The number of carboxylic acid groups (broad SMARTS) is 1. The molecule has 1 aromatic rings. The number of amides is 2. The van der Waals surface area contributed by atoms with Crippen molar-refractivity contribution in [3.05, 3.63) is 88.6 Å². The van der Waals surface area contributed by atoms with Gasteiger partial charge in [-0.05, 0) is 75.7 Å². The van der Waals surface area contributed by atoms with Gasteiger partial charge >= 0.3 is 6.09 Å². The lowest BCUT2D eigenvalue weighted by Gasteiger charge is -2.32. The van der Waals surface area contributed by atoms with E-state index in [0.29, 0.717) is 11.3 Å². The SMILES string of the molecule is CC(C=CC1=C(C)CCCC1(C)C)=CC=CC(C)=CC(=O)N(C(=O)O)c1ccc(C)cc1. The van der Waals surface area contributed by atoms with Crippen LogP contribution in [0.1, 0.15) is 59.4 Å². The monoisotopic (exact) mass is 433 g/mol. The van der Waals surface area contributed by atoms with E-state index in [4.69, 9.17) is 0 Å². The summed E-state index contributed by atoms with van der Waals surface area (Å²) in [5.74, 6) is -0.592. The summed E-state index contributed by atoms with van der Waals surface area (Å²) in [7, 11) is 0. The Bertz CT molecular complexity index is 1000. The maximum Gasteiger partial charge on any atom is 0.419 e. The molecule has 1 N–H and O–H groups in total. The average Bonchev–Trinajstić information content (AvgIpc) is 2.68. The van der Waals surface area contributed by atoms with Crippen molar-refractivity contribution in [3.8, 4) is 0 Å². The summed E-state index contributed by atoms with van der Waals surface area (Å²) < 4.78 is 0. The van der Waals surface area contributed by atoms with Crippen LogP contribution in [-0.4, -0.2) is 17.1 Å². The molecule has 0 aliphatic heterocycles. The molecule has 0 fully saturated rings. The molecule has 0 unspecified atom stereocenters. The van der Waals surface area contributed by atoms with Gasteiger partial charge in [-0.3, -0.25) is 4.79 Å². The van der Waals surface area contributed by atoms with Crippen LogP contribution in [-0.2, 0) is 4.79 Å². The molecule has 0 radical (unpaired) electrons. The van der Waals surface area contributed by atoms with E-state index in [2.05, 4.69) is 32.9 Å². The third-order valence-corrected chi connectivity index (χ3v) is 5.83. The molecular formula is C28H35NO3. The normalized spacial score (nSPS) is 17.3. The van der Waals surface area contributed by atoms with Crippen LogP contribution < -0.4 is 4.90 Å². The van der Waals surface area contributed by atoms with Gasteiger partial charge in [-0.25, -0.2) is 9.69 Å². The lowest BCUT2D eigenvalue weighted by molar-refractivity contribution is -0.113. The van der Waals surface area contributed by atoms with E-state index in [1.165, 1.54) is 36.5 Å². The second-order valence-electron chi connectivity index (χ2n) is 9.21. The predicted octanol–water partition coefficient (Wildman–Crippen LogP) is 7.54. The summed E-state index contributed by atoms with van der Waals surface area (Å²) in [5.41, 5.74) is 6.21. The van der Waals surface area contributed by atoms with Crippen molar-refractivity contribution in [3.63, 3.8) is 0 Å². The van der Waals surface area contributed by atoms with Crippen LogP contribution in [0.25, 0.3) is 0 Å². The summed E-state index contributed by atoms with van der Waals surface area (Å²) in [4.78, 5) is 24.9. The number of allylic oxidation sites excluding steroid dienone is 9. The third kappa shape index (κ3) is 6.94. The molecule has 0 bridgehead atoms. The van der Waals surface area contributed by atoms with Crippen LogP contribution in [0.15, 0.2) is 83.0 Å². The fourth-order valence-electron chi connectivity index (χ4n) is 3.97.